The van der Waals surface area contributed by atoms with Crippen LogP contribution in [0, 0.1) is 17.6 Å². The van der Waals surface area contributed by atoms with Crippen molar-refractivity contribution in [1.82, 2.24) is 25.2 Å². The maximum atomic E-state index is 13.4. The molecule has 2 heterocycles. The molecule has 28 heavy (non-hydrogen) atoms. The van der Waals surface area contributed by atoms with Crippen LogP contribution in [0.2, 0.25) is 0 Å². The molecule has 1 aromatic carbocycles. The average Bonchev–Trinajstić information content (AvgIpc) is 3.27. The molecule has 0 spiro atoms. The summed E-state index contributed by atoms with van der Waals surface area (Å²) in [6.07, 6.45) is 0. The first-order valence-corrected chi connectivity index (χ1v) is 10.2. The molecule has 1 amide bonds. The Morgan fingerprint density at radius 1 is 1.29 bits per heavy atom. The first-order chi connectivity index (χ1) is 13.3. The first-order valence-electron chi connectivity index (χ1n) is 8.48. The Morgan fingerprint density at radius 3 is 2.79 bits per heavy atom. The molecule has 2 aromatic heterocycles. The van der Waals surface area contributed by atoms with Gasteiger partial charge in [0.25, 0.3) is 0 Å². The summed E-state index contributed by atoms with van der Waals surface area (Å²) in [5.41, 5.74) is 0.895. The standard InChI is InChI=1S/C17H18F2N6OS2/c1-9(2)7-25-17(22-23-24-25)28-10(3)15(26)21-16-20-14(8-27-16)11-4-5-12(18)13(19)6-11/h4-6,8-10H,7H2,1-3H3,(H,20,21,26). The van der Waals surface area contributed by atoms with Gasteiger partial charge in [0.05, 0.1) is 10.9 Å². The predicted molar refractivity (Wildman–Crippen MR) is 104 cm³/mol. The maximum absolute atomic E-state index is 13.4. The number of rotatable bonds is 7. The number of aromatic nitrogens is 5. The molecule has 0 aliphatic carbocycles. The van der Waals surface area contributed by atoms with Crippen LogP contribution in [0.4, 0.5) is 13.9 Å². The van der Waals surface area contributed by atoms with E-state index in [-0.39, 0.29) is 5.91 Å². The molecule has 1 atom stereocenters. The summed E-state index contributed by atoms with van der Waals surface area (Å²) in [7, 11) is 0. The van der Waals surface area contributed by atoms with Crippen LogP contribution in [-0.4, -0.2) is 36.3 Å². The van der Waals surface area contributed by atoms with Crippen molar-refractivity contribution < 1.29 is 13.6 Å². The smallest absolute Gasteiger partial charge is 0.239 e. The van der Waals surface area contributed by atoms with Gasteiger partial charge in [0.15, 0.2) is 16.8 Å². The molecule has 0 fully saturated rings. The topological polar surface area (TPSA) is 85.6 Å². The zero-order chi connectivity index (χ0) is 20.3. The monoisotopic (exact) mass is 424 g/mol. The lowest BCUT2D eigenvalue weighted by molar-refractivity contribution is -0.115. The van der Waals surface area contributed by atoms with E-state index in [1.54, 1.807) is 17.0 Å². The highest BCUT2D eigenvalue weighted by molar-refractivity contribution is 8.00. The second kappa shape index (κ2) is 8.74. The van der Waals surface area contributed by atoms with Crippen molar-refractivity contribution in [3.63, 3.8) is 0 Å². The van der Waals surface area contributed by atoms with E-state index in [9.17, 15) is 13.6 Å². The van der Waals surface area contributed by atoms with Crippen molar-refractivity contribution in [3.8, 4) is 11.3 Å². The zero-order valence-corrected chi connectivity index (χ0v) is 17.0. The molecule has 11 heteroatoms. The van der Waals surface area contributed by atoms with Crippen LogP contribution < -0.4 is 5.32 Å². The van der Waals surface area contributed by atoms with Crippen molar-refractivity contribution >= 4 is 34.1 Å². The van der Waals surface area contributed by atoms with Gasteiger partial charge in [-0.1, -0.05) is 25.6 Å². The third-order valence-corrected chi connectivity index (χ3v) is 5.47. The molecule has 3 aromatic rings. The van der Waals surface area contributed by atoms with Crippen LogP contribution in [-0.2, 0) is 11.3 Å². The van der Waals surface area contributed by atoms with E-state index in [1.807, 2.05) is 0 Å². The summed E-state index contributed by atoms with van der Waals surface area (Å²) in [5.74, 6) is -1.74. The van der Waals surface area contributed by atoms with Crippen LogP contribution >= 0.6 is 23.1 Å². The number of carbonyl (C=O) groups is 1. The third-order valence-electron chi connectivity index (χ3n) is 3.64. The van der Waals surface area contributed by atoms with Gasteiger partial charge >= 0.3 is 0 Å². The Kier molecular flexibility index (Phi) is 6.35. The molecule has 0 saturated carbocycles. The summed E-state index contributed by atoms with van der Waals surface area (Å²) in [6.45, 7) is 6.52. The number of benzene rings is 1. The van der Waals surface area contributed by atoms with Gasteiger partial charge in [0.1, 0.15) is 0 Å². The van der Waals surface area contributed by atoms with Gasteiger partial charge in [0, 0.05) is 17.5 Å². The molecule has 1 unspecified atom stereocenters. The number of hydrogen-bond donors (Lipinski definition) is 1. The van der Waals surface area contributed by atoms with Gasteiger partial charge in [0.2, 0.25) is 11.1 Å². The number of tetrazole rings is 1. The van der Waals surface area contributed by atoms with Crippen LogP contribution in [0.5, 0.6) is 0 Å². The van der Waals surface area contributed by atoms with Crippen LogP contribution in [0.25, 0.3) is 11.3 Å². The van der Waals surface area contributed by atoms with E-state index in [0.717, 1.165) is 12.1 Å². The molecule has 0 radical (unpaired) electrons. The van der Waals surface area contributed by atoms with E-state index in [4.69, 9.17) is 0 Å². The molecule has 0 aliphatic heterocycles. The van der Waals surface area contributed by atoms with Gasteiger partial charge in [-0.15, -0.1) is 16.4 Å². The normalized spacial score (nSPS) is 12.4. The molecular weight excluding hydrogens is 406 g/mol. The minimum absolute atomic E-state index is 0.254. The van der Waals surface area contributed by atoms with Crippen LogP contribution in [0.3, 0.4) is 0 Å². The summed E-state index contributed by atoms with van der Waals surface area (Å²) >= 11 is 2.46. The highest BCUT2D eigenvalue weighted by Gasteiger charge is 2.20. The van der Waals surface area contributed by atoms with E-state index < -0.39 is 16.9 Å². The molecule has 7 nitrogen and oxygen atoms in total. The van der Waals surface area contributed by atoms with Gasteiger partial charge in [-0.2, -0.15) is 0 Å². The SMILES string of the molecule is CC(C)Cn1nnnc1SC(C)C(=O)Nc1nc(-c2ccc(F)c(F)c2)cs1. The van der Waals surface area contributed by atoms with E-state index in [2.05, 4.69) is 39.7 Å². The molecule has 0 saturated heterocycles. The Hall–Kier alpha value is -2.40. The predicted octanol–water partition coefficient (Wildman–Crippen LogP) is 3.85. The first kappa shape index (κ1) is 20.3. The molecular formula is C17H18F2N6OS2. The fraction of sp³-hybridized carbons (Fsp3) is 0.353. The molecule has 0 bridgehead atoms. The number of halogens is 2. The van der Waals surface area contributed by atoms with Gasteiger partial charge < -0.3 is 5.32 Å². The Bertz CT molecular complexity index is 974. The lowest BCUT2D eigenvalue weighted by Crippen LogP contribution is -2.23. The van der Waals surface area contributed by atoms with Gasteiger partial charge in [-0.3, -0.25) is 4.79 Å². The minimum atomic E-state index is -0.944. The van der Waals surface area contributed by atoms with Gasteiger partial charge in [-0.05, 0) is 41.5 Å². The minimum Gasteiger partial charge on any atom is -0.301 e. The van der Waals surface area contributed by atoms with Crippen molar-refractivity contribution in [3.05, 3.63) is 35.2 Å². The summed E-state index contributed by atoms with van der Waals surface area (Å²) < 4.78 is 28.1. The maximum Gasteiger partial charge on any atom is 0.239 e. The van der Waals surface area contributed by atoms with Crippen molar-refractivity contribution in [2.75, 3.05) is 5.32 Å². The number of nitrogens with one attached hydrogen (secondary N) is 1. The summed E-state index contributed by atoms with van der Waals surface area (Å²) in [4.78, 5) is 16.7. The van der Waals surface area contributed by atoms with Crippen molar-refractivity contribution in [1.29, 1.82) is 0 Å². The third kappa shape index (κ3) is 4.90. The Morgan fingerprint density at radius 2 is 2.07 bits per heavy atom. The number of anilines is 1. The fourth-order valence-electron chi connectivity index (χ4n) is 2.28. The second-order valence-electron chi connectivity index (χ2n) is 6.45. The number of nitrogens with zero attached hydrogens (tertiary/aromatic N) is 5. The van der Waals surface area contributed by atoms with Crippen LogP contribution in [0.1, 0.15) is 20.8 Å². The van der Waals surface area contributed by atoms with Crippen molar-refractivity contribution in [2.24, 2.45) is 5.92 Å². The molecule has 148 valence electrons. The Labute approximate surface area is 168 Å². The molecule has 1 N–H and O–H groups in total. The number of carbonyl (C=O) groups excluding carboxylic acids is 1. The van der Waals surface area contributed by atoms with E-state index in [1.165, 1.54) is 29.2 Å². The number of thiazole rings is 1. The highest BCUT2D eigenvalue weighted by Crippen LogP contribution is 2.27. The highest BCUT2D eigenvalue weighted by atomic mass is 32.2. The Balaban J connectivity index is 1.64. The van der Waals surface area contributed by atoms with E-state index >= 15 is 0 Å². The number of thioether (sulfide) groups is 1. The van der Waals surface area contributed by atoms with Gasteiger partial charge in [-0.25, -0.2) is 18.4 Å². The summed E-state index contributed by atoms with van der Waals surface area (Å²) in [5, 5.41) is 16.5. The number of amides is 1. The molecule has 0 aliphatic rings. The molecule has 3 rings (SSSR count). The van der Waals surface area contributed by atoms with Crippen molar-refractivity contribution in [2.45, 2.75) is 37.7 Å². The van der Waals surface area contributed by atoms with E-state index in [0.29, 0.717) is 34.0 Å². The largest absolute Gasteiger partial charge is 0.301 e. The van der Waals surface area contributed by atoms with Crippen LogP contribution in [0.15, 0.2) is 28.7 Å². The second-order valence-corrected chi connectivity index (χ2v) is 8.62. The lowest BCUT2D eigenvalue weighted by atomic mass is 10.2. The fourth-order valence-corrected chi connectivity index (χ4v) is 3.80. The quantitative estimate of drug-likeness (QED) is 0.580. The zero-order valence-electron chi connectivity index (χ0n) is 15.4. The number of hydrogen-bond acceptors (Lipinski definition) is 7. The average molecular weight is 425 g/mol. The summed E-state index contributed by atoms with van der Waals surface area (Å²) in [6, 6.07) is 3.55. The lowest BCUT2D eigenvalue weighted by Gasteiger charge is -2.11.